The van der Waals surface area contributed by atoms with Gasteiger partial charge in [-0.15, -0.1) is 29.9 Å². The first-order valence-corrected chi connectivity index (χ1v) is 13.0. The van der Waals surface area contributed by atoms with Crippen LogP contribution in [0, 0.1) is 0 Å². The Bertz CT molecular complexity index is 994. The van der Waals surface area contributed by atoms with E-state index in [0.29, 0.717) is 13.2 Å². The molecule has 0 atom stereocenters. The Morgan fingerprint density at radius 1 is 0.400 bits per heavy atom. The second kappa shape index (κ2) is 17.4. The molecule has 0 radical (unpaired) electrons. The third-order valence-electron chi connectivity index (χ3n) is 4.44. The number of ether oxygens (including phenoxy) is 6. The molecule has 218 valence electrons. The van der Waals surface area contributed by atoms with Gasteiger partial charge in [-0.05, 0) is 75.7 Å². The van der Waals surface area contributed by atoms with Crippen molar-refractivity contribution >= 4 is 0 Å². The monoisotopic (exact) mass is 556 g/mol. The van der Waals surface area contributed by atoms with Crippen molar-refractivity contribution in [3.8, 4) is 36.1 Å². The minimum Gasteiger partial charge on any atom is -0.463 e. The highest BCUT2D eigenvalue weighted by Gasteiger charge is 2.12. The second-order valence-electron chi connectivity index (χ2n) is 9.46. The van der Waals surface area contributed by atoms with Crippen molar-refractivity contribution in [3.63, 3.8) is 0 Å². The maximum absolute atomic E-state index is 5.72. The standard InChI is InChI=1S/C28H40N6O6/c1-19(2)15-37-25-29-23(30-26(33-25)38-16-20(3)4)35-13-11-9-10-12-14-36-24-31-27(39-17-21(5)6)34-28(32-24)40-18-22(7)8/h1,3,5,7,9-18H2,2,4,6,8H3. The van der Waals surface area contributed by atoms with Gasteiger partial charge in [0, 0.05) is 0 Å². The molecule has 12 nitrogen and oxygen atoms in total. The molecule has 0 aliphatic carbocycles. The summed E-state index contributed by atoms with van der Waals surface area (Å²) < 4.78 is 33.6. The van der Waals surface area contributed by atoms with Gasteiger partial charge in [-0.25, -0.2) is 0 Å². The molecule has 0 saturated heterocycles. The lowest BCUT2D eigenvalue weighted by Gasteiger charge is -2.10. The predicted molar refractivity (Wildman–Crippen MR) is 150 cm³/mol. The molecule has 0 spiro atoms. The highest BCUT2D eigenvalue weighted by Crippen LogP contribution is 2.18. The molecular weight excluding hydrogens is 516 g/mol. The molecule has 2 rings (SSSR count). The average Bonchev–Trinajstić information content (AvgIpc) is 2.89. The van der Waals surface area contributed by atoms with E-state index in [4.69, 9.17) is 28.4 Å². The zero-order chi connectivity index (χ0) is 29.3. The maximum Gasteiger partial charge on any atom is 0.326 e. The van der Waals surface area contributed by atoms with Crippen molar-refractivity contribution < 1.29 is 28.4 Å². The number of aromatic nitrogens is 6. The van der Waals surface area contributed by atoms with Crippen LogP contribution in [-0.4, -0.2) is 69.5 Å². The van der Waals surface area contributed by atoms with Crippen molar-refractivity contribution in [2.24, 2.45) is 0 Å². The van der Waals surface area contributed by atoms with E-state index < -0.39 is 0 Å². The zero-order valence-electron chi connectivity index (χ0n) is 24.0. The first-order chi connectivity index (χ1) is 19.1. The molecule has 2 aromatic rings. The third kappa shape index (κ3) is 14.1. The van der Waals surface area contributed by atoms with Gasteiger partial charge in [-0.2, -0.15) is 0 Å². The number of unbranched alkanes of at least 4 members (excludes halogenated alkanes) is 3. The van der Waals surface area contributed by atoms with E-state index in [2.05, 4.69) is 56.2 Å². The van der Waals surface area contributed by atoms with E-state index in [9.17, 15) is 0 Å². The summed E-state index contributed by atoms with van der Waals surface area (Å²) in [5.41, 5.74) is 3.33. The van der Waals surface area contributed by atoms with Crippen LogP contribution in [0.3, 0.4) is 0 Å². The van der Waals surface area contributed by atoms with Gasteiger partial charge in [0.1, 0.15) is 26.4 Å². The van der Waals surface area contributed by atoms with E-state index in [1.54, 1.807) is 0 Å². The lowest BCUT2D eigenvalue weighted by Crippen LogP contribution is -2.10. The van der Waals surface area contributed by atoms with E-state index in [1.165, 1.54) is 0 Å². The smallest absolute Gasteiger partial charge is 0.326 e. The summed E-state index contributed by atoms with van der Waals surface area (Å²) in [6, 6.07) is 0.720. The normalized spacial score (nSPS) is 10.4. The number of hydrogen-bond acceptors (Lipinski definition) is 12. The van der Waals surface area contributed by atoms with Gasteiger partial charge >= 0.3 is 36.1 Å². The summed E-state index contributed by atoms with van der Waals surface area (Å²) in [6.45, 7) is 24.6. The summed E-state index contributed by atoms with van der Waals surface area (Å²) in [6.07, 6.45) is 3.39. The largest absolute Gasteiger partial charge is 0.463 e. The fraction of sp³-hybridized carbons (Fsp3) is 0.500. The van der Waals surface area contributed by atoms with Crippen molar-refractivity contribution in [3.05, 3.63) is 48.6 Å². The minimum atomic E-state index is 0.113. The topological polar surface area (TPSA) is 133 Å². The Balaban J connectivity index is 1.78. The van der Waals surface area contributed by atoms with Gasteiger partial charge in [0.15, 0.2) is 0 Å². The van der Waals surface area contributed by atoms with Crippen LogP contribution in [-0.2, 0) is 0 Å². The summed E-state index contributed by atoms with van der Waals surface area (Å²) in [5, 5.41) is 0. The zero-order valence-corrected chi connectivity index (χ0v) is 24.0. The van der Waals surface area contributed by atoms with Crippen LogP contribution in [0.25, 0.3) is 0 Å². The molecule has 12 heteroatoms. The Morgan fingerprint density at radius 2 is 0.625 bits per heavy atom. The summed E-state index contributed by atoms with van der Waals surface area (Å²) >= 11 is 0. The van der Waals surface area contributed by atoms with Crippen LogP contribution in [0.1, 0.15) is 53.4 Å². The molecule has 0 aliphatic rings. The van der Waals surface area contributed by atoms with E-state index in [1.807, 2.05) is 27.7 Å². The lowest BCUT2D eigenvalue weighted by molar-refractivity contribution is 0.237. The lowest BCUT2D eigenvalue weighted by atomic mass is 10.2. The Morgan fingerprint density at radius 3 is 0.850 bits per heavy atom. The average molecular weight is 557 g/mol. The number of hydrogen-bond donors (Lipinski definition) is 0. The Hall–Kier alpha value is -4.22. The molecule has 0 saturated carbocycles. The molecule has 40 heavy (non-hydrogen) atoms. The Labute approximate surface area is 236 Å². The number of rotatable bonds is 21. The SMILES string of the molecule is C=C(C)COc1nc(OCCCCCCOc2nc(OCC(=C)C)nc(OCC(=C)C)n2)nc(OCC(=C)C)n1. The van der Waals surface area contributed by atoms with E-state index >= 15 is 0 Å². The first kappa shape index (κ1) is 32.0. The van der Waals surface area contributed by atoms with Crippen LogP contribution in [0.2, 0.25) is 0 Å². The fourth-order valence-corrected chi connectivity index (χ4v) is 2.66. The minimum absolute atomic E-state index is 0.113. The molecule has 2 aromatic heterocycles. The van der Waals surface area contributed by atoms with Crippen molar-refractivity contribution in [2.45, 2.75) is 53.4 Å². The quantitative estimate of drug-likeness (QED) is 0.153. The van der Waals surface area contributed by atoms with Gasteiger partial charge < -0.3 is 28.4 Å². The highest BCUT2D eigenvalue weighted by molar-refractivity contribution is 5.11. The summed E-state index contributed by atoms with van der Waals surface area (Å²) in [4.78, 5) is 25.1. The molecule has 0 aliphatic heterocycles. The molecule has 0 unspecified atom stereocenters. The Kier molecular flexibility index (Phi) is 13.9. The molecule has 0 N–H and O–H groups in total. The van der Waals surface area contributed by atoms with Crippen LogP contribution < -0.4 is 28.4 Å². The van der Waals surface area contributed by atoms with E-state index in [0.717, 1.165) is 48.0 Å². The molecular formula is C28H40N6O6. The summed E-state index contributed by atoms with van der Waals surface area (Å²) in [5.74, 6) is 0. The molecule has 0 amide bonds. The number of nitrogens with zero attached hydrogens (tertiary/aromatic N) is 6. The van der Waals surface area contributed by atoms with Crippen LogP contribution in [0.4, 0.5) is 0 Å². The van der Waals surface area contributed by atoms with Gasteiger partial charge in [-0.1, -0.05) is 26.3 Å². The van der Waals surface area contributed by atoms with Crippen LogP contribution in [0.15, 0.2) is 48.6 Å². The molecule has 2 heterocycles. The third-order valence-corrected chi connectivity index (χ3v) is 4.44. The van der Waals surface area contributed by atoms with Crippen molar-refractivity contribution in [1.82, 2.24) is 29.9 Å². The van der Waals surface area contributed by atoms with Gasteiger partial charge in [0.25, 0.3) is 0 Å². The molecule has 0 aromatic carbocycles. The van der Waals surface area contributed by atoms with Gasteiger partial charge in [-0.3, -0.25) is 0 Å². The van der Waals surface area contributed by atoms with Gasteiger partial charge in [0.2, 0.25) is 0 Å². The van der Waals surface area contributed by atoms with Gasteiger partial charge in [0.05, 0.1) is 13.2 Å². The van der Waals surface area contributed by atoms with Crippen molar-refractivity contribution in [2.75, 3.05) is 39.6 Å². The summed E-state index contributed by atoms with van der Waals surface area (Å²) in [7, 11) is 0. The first-order valence-electron chi connectivity index (χ1n) is 13.0. The highest BCUT2D eigenvalue weighted by atomic mass is 16.5. The predicted octanol–water partition coefficient (Wildman–Crippen LogP) is 4.89. The second-order valence-corrected chi connectivity index (χ2v) is 9.46. The van der Waals surface area contributed by atoms with Crippen LogP contribution in [0.5, 0.6) is 36.1 Å². The maximum atomic E-state index is 5.72. The molecule has 0 bridgehead atoms. The van der Waals surface area contributed by atoms with Crippen LogP contribution >= 0.6 is 0 Å². The van der Waals surface area contributed by atoms with E-state index in [-0.39, 0.29) is 62.5 Å². The molecule has 0 fully saturated rings. The fourth-order valence-electron chi connectivity index (χ4n) is 2.66. The van der Waals surface area contributed by atoms with Crippen molar-refractivity contribution in [1.29, 1.82) is 0 Å².